The van der Waals surface area contributed by atoms with Crippen molar-refractivity contribution in [3.05, 3.63) is 42.3 Å². The number of nitrogens with zero attached hydrogens (tertiary/aromatic N) is 5. The minimum atomic E-state index is -0.349. The summed E-state index contributed by atoms with van der Waals surface area (Å²) in [7, 11) is 0. The third kappa shape index (κ3) is 1.62. The second-order valence-electron chi connectivity index (χ2n) is 4.08. The smallest absolute Gasteiger partial charge is 0.235 e. The quantitative estimate of drug-likeness (QED) is 0.614. The fraction of sp³-hybridized carbons (Fsp3) is 0. The molecule has 1 N–H and O–H groups in total. The van der Waals surface area contributed by atoms with Crippen molar-refractivity contribution in [1.29, 1.82) is 0 Å². The summed E-state index contributed by atoms with van der Waals surface area (Å²) in [6.45, 7) is 0. The lowest BCUT2D eigenvalue weighted by Gasteiger charge is -1.97. The number of fused-ring (bicyclic) bond motifs is 1. The van der Waals surface area contributed by atoms with Crippen LogP contribution >= 0.6 is 11.3 Å². The summed E-state index contributed by atoms with van der Waals surface area (Å²) in [4.78, 5) is 0.604. The van der Waals surface area contributed by atoms with Gasteiger partial charge in [-0.25, -0.2) is 4.39 Å². The van der Waals surface area contributed by atoms with E-state index in [1.807, 2.05) is 6.07 Å². The van der Waals surface area contributed by atoms with Crippen LogP contribution < -0.4 is 0 Å². The zero-order chi connectivity index (χ0) is 13.5. The van der Waals surface area contributed by atoms with Gasteiger partial charge in [-0.05, 0) is 18.2 Å². The molecule has 4 rings (SSSR count). The molecule has 6 nitrogen and oxygen atoms in total. The summed E-state index contributed by atoms with van der Waals surface area (Å²) in [5, 5.41) is 19.9. The van der Waals surface area contributed by atoms with E-state index in [9.17, 15) is 4.39 Å². The van der Waals surface area contributed by atoms with Gasteiger partial charge in [0.05, 0.1) is 11.3 Å². The molecule has 0 fully saturated rings. The van der Waals surface area contributed by atoms with Gasteiger partial charge in [-0.3, -0.25) is 5.10 Å². The normalized spacial score (nSPS) is 11.2. The van der Waals surface area contributed by atoms with Crippen LogP contribution in [0.5, 0.6) is 0 Å². The largest absolute Gasteiger partial charge is 0.275 e. The number of halogens is 1. The van der Waals surface area contributed by atoms with Crippen molar-refractivity contribution in [2.24, 2.45) is 0 Å². The second-order valence-corrected chi connectivity index (χ2v) is 5.03. The standard InChI is InChI=1S/C12H7FN6S/c13-8-4-2-1-3-7(8)10-16-17-12-19(10)18-11(20-12)9-5-6-14-15-9/h1-6H,(H,14,15). The first-order chi connectivity index (χ1) is 9.83. The SMILES string of the molecule is Fc1ccccc1-c1nnc2sc(-c3ccn[nH]3)nn12. The summed E-state index contributed by atoms with van der Waals surface area (Å²) in [6.07, 6.45) is 1.65. The molecule has 3 heterocycles. The van der Waals surface area contributed by atoms with Gasteiger partial charge in [0.15, 0.2) is 10.8 Å². The van der Waals surface area contributed by atoms with E-state index in [0.717, 1.165) is 10.7 Å². The molecule has 20 heavy (non-hydrogen) atoms. The Kier molecular flexibility index (Phi) is 2.36. The monoisotopic (exact) mass is 286 g/mol. The topological polar surface area (TPSA) is 71.8 Å². The molecular weight excluding hydrogens is 279 g/mol. The molecule has 0 amide bonds. The van der Waals surface area contributed by atoms with Crippen LogP contribution in [0.4, 0.5) is 4.39 Å². The van der Waals surface area contributed by atoms with Crippen LogP contribution in [0.3, 0.4) is 0 Å². The Hall–Kier alpha value is -2.61. The van der Waals surface area contributed by atoms with Gasteiger partial charge < -0.3 is 0 Å². The number of H-pyrrole nitrogens is 1. The number of hydrogen-bond donors (Lipinski definition) is 1. The van der Waals surface area contributed by atoms with Crippen LogP contribution in [-0.4, -0.2) is 30.0 Å². The van der Waals surface area contributed by atoms with Crippen LogP contribution in [0.15, 0.2) is 36.5 Å². The van der Waals surface area contributed by atoms with Crippen molar-refractivity contribution in [2.45, 2.75) is 0 Å². The molecule has 98 valence electrons. The number of aromatic amines is 1. The molecule has 0 unspecified atom stereocenters. The zero-order valence-corrected chi connectivity index (χ0v) is 10.8. The first-order valence-corrected chi connectivity index (χ1v) is 6.61. The highest BCUT2D eigenvalue weighted by atomic mass is 32.1. The fourth-order valence-corrected chi connectivity index (χ4v) is 2.73. The van der Waals surface area contributed by atoms with E-state index in [1.54, 1.807) is 28.9 Å². The van der Waals surface area contributed by atoms with Crippen LogP contribution in [0.25, 0.3) is 27.1 Å². The lowest BCUT2D eigenvalue weighted by atomic mass is 10.2. The van der Waals surface area contributed by atoms with Crippen LogP contribution in [0, 0.1) is 5.82 Å². The van der Waals surface area contributed by atoms with Crippen LogP contribution in [-0.2, 0) is 0 Å². The van der Waals surface area contributed by atoms with Crippen molar-refractivity contribution in [1.82, 2.24) is 30.0 Å². The van der Waals surface area contributed by atoms with Gasteiger partial charge in [0.25, 0.3) is 0 Å². The molecule has 0 saturated heterocycles. The summed E-state index contributed by atoms with van der Waals surface area (Å²) < 4.78 is 15.4. The highest BCUT2D eigenvalue weighted by molar-refractivity contribution is 7.19. The molecule has 0 aliphatic heterocycles. The maximum Gasteiger partial charge on any atom is 0.235 e. The van der Waals surface area contributed by atoms with E-state index in [4.69, 9.17) is 0 Å². The summed E-state index contributed by atoms with van der Waals surface area (Å²) in [5.74, 6) is 0.0398. The van der Waals surface area contributed by atoms with E-state index >= 15 is 0 Å². The maximum absolute atomic E-state index is 13.8. The molecule has 0 saturated carbocycles. The predicted molar refractivity (Wildman–Crippen MR) is 71.6 cm³/mol. The average Bonchev–Trinajstić information content (AvgIpc) is 3.15. The molecule has 1 aromatic carbocycles. The Bertz CT molecular complexity index is 879. The van der Waals surface area contributed by atoms with Gasteiger partial charge in [0, 0.05) is 6.20 Å². The van der Waals surface area contributed by atoms with Crippen molar-refractivity contribution < 1.29 is 4.39 Å². The zero-order valence-electron chi connectivity index (χ0n) is 9.99. The molecule has 0 aliphatic carbocycles. The lowest BCUT2D eigenvalue weighted by molar-refractivity contribution is 0.629. The van der Waals surface area contributed by atoms with Crippen molar-refractivity contribution in [2.75, 3.05) is 0 Å². The number of benzene rings is 1. The van der Waals surface area contributed by atoms with Crippen LogP contribution in [0.2, 0.25) is 0 Å². The van der Waals surface area contributed by atoms with Crippen molar-refractivity contribution in [3.63, 3.8) is 0 Å². The Morgan fingerprint density at radius 2 is 2.05 bits per heavy atom. The highest BCUT2D eigenvalue weighted by Crippen LogP contribution is 2.27. The molecule has 0 bridgehead atoms. The lowest BCUT2D eigenvalue weighted by Crippen LogP contribution is -1.93. The number of aromatic nitrogens is 6. The third-order valence-corrected chi connectivity index (χ3v) is 3.77. The van der Waals surface area contributed by atoms with E-state index < -0.39 is 0 Å². The Morgan fingerprint density at radius 1 is 1.15 bits per heavy atom. The minimum Gasteiger partial charge on any atom is -0.275 e. The van der Waals surface area contributed by atoms with Gasteiger partial charge in [0.1, 0.15) is 5.82 Å². The summed E-state index contributed by atoms with van der Waals surface area (Å²) >= 11 is 1.36. The molecule has 0 spiro atoms. The molecule has 4 aromatic rings. The third-order valence-electron chi connectivity index (χ3n) is 2.84. The van der Waals surface area contributed by atoms with Gasteiger partial charge >= 0.3 is 0 Å². The molecule has 3 aromatic heterocycles. The van der Waals surface area contributed by atoms with E-state index in [-0.39, 0.29) is 5.82 Å². The highest BCUT2D eigenvalue weighted by Gasteiger charge is 2.16. The number of hydrogen-bond acceptors (Lipinski definition) is 5. The Morgan fingerprint density at radius 3 is 2.85 bits per heavy atom. The second kappa shape index (κ2) is 4.20. The van der Waals surface area contributed by atoms with Gasteiger partial charge in [-0.15, -0.1) is 10.2 Å². The fourth-order valence-electron chi connectivity index (χ4n) is 1.91. The first-order valence-electron chi connectivity index (χ1n) is 5.80. The minimum absolute atomic E-state index is 0.349. The summed E-state index contributed by atoms with van der Waals surface area (Å²) in [6, 6.07) is 8.24. The van der Waals surface area contributed by atoms with Crippen molar-refractivity contribution >= 4 is 16.3 Å². The van der Waals surface area contributed by atoms with Gasteiger partial charge in [-0.2, -0.15) is 14.7 Å². The maximum atomic E-state index is 13.8. The molecule has 8 heteroatoms. The Labute approximate surface area is 115 Å². The van der Waals surface area contributed by atoms with Crippen molar-refractivity contribution in [3.8, 4) is 22.1 Å². The number of rotatable bonds is 2. The molecule has 0 atom stereocenters. The molecule has 0 aliphatic rings. The van der Waals surface area contributed by atoms with Gasteiger partial charge in [-0.1, -0.05) is 23.5 Å². The first kappa shape index (κ1) is 11.2. The van der Waals surface area contributed by atoms with E-state index in [2.05, 4.69) is 25.5 Å². The summed E-state index contributed by atoms with van der Waals surface area (Å²) in [5.41, 5.74) is 1.17. The van der Waals surface area contributed by atoms with E-state index in [1.165, 1.54) is 17.4 Å². The average molecular weight is 286 g/mol. The molecule has 0 radical (unpaired) electrons. The molecular formula is C12H7FN6S. The number of nitrogens with one attached hydrogen (secondary N) is 1. The van der Waals surface area contributed by atoms with Crippen LogP contribution in [0.1, 0.15) is 0 Å². The Balaban J connectivity index is 1.92. The predicted octanol–water partition coefficient (Wildman–Crippen LogP) is 2.38. The van der Waals surface area contributed by atoms with E-state index in [0.29, 0.717) is 16.3 Å². The van der Waals surface area contributed by atoms with Gasteiger partial charge in [0.2, 0.25) is 4.96 Å².